The van der Waals surface area contributed by atoms with Crippen molar-refractivity contribution in [2.45, 2.75) is 46.4 Å². The molecule has 19 heavy (non-hydrogen) atoms. The largest absolute Gasteiger partial charge is 0.489 e. The van der Waals surface area contributed by atoms with E-state index in [0.717, 1.165) is 5.56 Å². The lowest BCUT2D eigenvalue weighted by Gasteiger charge is -2.13. The molecule has 0 aromatic heterocycles. The van der Waals surface area contributed by atoms with Crippen molar-refractivity contribution < 1.29 is 9.53 Å². The maximum absolute atomic E-state index is 11.4. The molecule has 0 spiro atoms. The molecule has 0 heterocycles. The molecule has 0 saturated carbocycles. The number of amides is 2. The number of ether oxygens (including phenoxy) is 1. The van der Waals surface area contributed by atoms with Crippen LogP contribution in [0.5, 0.6) is 5.75 Å². The van der Waals surface area contributed by atoms with Crippen LogP contribution in [-0.2, 0) is 6.54 Å². The van der Waals surface area contributed by atoms with E-state index in [1.54, 1.807) is 6.07 Å². The molecule has 0 unspecified atom stereocenters. The van der Waals surface area contributed by atoms with Gasteiger partial charge in [0.2, 0.25) is 0 Å². The summed E-state index contributed by atoms with van der Waals surface area (Å²) in [4.78, 5) is 11.4. The van der Waals surface area contributed by atoms with Crippen LogP contribution in [0, 0.1) is 0 Å². The standard InChI is InChI=1S/C14H21ClN2O2/c1-9(2)17-14(18)16-8-11-5-6-13(12(15)7-11)19-10(3)4/h5-7,9-10H,8H2,1-4H3,(H2,16,17,18). The zero-order valence-corrected chi connectivity index (χ0v) is 12.5. The number of hydrogen-bond acceptors (Lipinski definition) is 2. The SMILES string of the molecule is CC(C)NC(=O)NCc1ccc(OC(C)C)c(Cl)c1. The van der Waals surface area contributed by atoms with Crippen LogP contribution in [0.3, 0.4) is 0 Å². The Morgan fingerprint density at radius 1 is 1.32 bits per heavy atom. The van der Waals surface area contributed by atoms with Crippen LogP contribution < -0.4 is 15.4 Å². The minimum Gasteiger partial charge on any atom is -0.489 e. The van der Waals surface area contributed by atoms with Gasteiger partial charge in [-0.25, -0.2) is 4.79 Å². The number of nitrogens with one attached hydrogen (secondary N) is 2. The van der Waals surface area contributed by atoms with Crippen molar-refractivity contribution in [3.8, 4) is 5.75 Å². The predicted molar refractivity (Wildman–Crippen MR) is 77.7 cm³/mol. The van der Waals surface area contributed by atoms with Gasteiger partial charge in [-0.1, -0.05) is 17.7 Å². The van der Waals surface area contributed by atoms with E-state index in [1.807, 2.05) is 39.8 Å². The second-order valence-electron chi connectivity index (χ2n) is 4.91. The number of carbonyl (C=O) groups excluding carboxylic acids is 1. The Morgan fingerprint density at radius 2 is 2.00 bits per heavy atom. The smallest absolute Gasteiger partial charge is 0.315 e. The molecule has 2 N–H and O–H groups in total. The fourth-order valence-corrected chi connectivity index (χ4v) is 1.75. The lowest BCUT2D eigenvalue weighted by atomic mass is 10.2. The van der Waals surface area contributed by atoms with Crippen LogP contribution in [0.2, 0.25) is 5.02 Å². The van der Waals surface area contributed by atoms with Gasteiger partial charge in [0.15, 0.2) is 0 Å². The first-order chi connectivity index (χ1) is 8.88. The molecule has 1 aromatic rings. The van der Waals surface area contributed by atoms with Gasteiger partial charge in [0.05, 0.1) is 11.1 Å². The van der Waals surface area contributed by atoms with Crippen LogP contribution in [0.1, 0.15) is 33.3 Å². The van der Waals surface area contributed by atoms with Gasteiger partial charge in [-0.2, -0.15) is 0 Å². The van der Waals surface area contributed by atoms with Gasteiger partial charge in [0.1, 0.15) is 5.75 Å². The summed E-state index contributed by atoms with van der Waals surface area (Å²) in [5.74, 6) is 0.659. The first kappa shape index (κ1) is 15.6. The lowest BCUT2D eigenvalue weighted by Crippen LogP contribution is -2.39. The van der Waals surface area contributed by atoms with Gasteiger partial charge in [0, 0.05) is 12.6 Å². The van der Waals surface area contributed by atoms with Crippen molar-refractivity contribution >= 4 is 17.6 Å². The Labute approximate surface area is 119 Å². The minimum atomic E-state index is -0.186. The summed E-state index contributed by atoms with van der Waals surface area (Å²) in [7, 11) is 0. The van der Waals surface area contributed by atoms with Crippen LogP contribution in [0.15, 0.2) is 18.2 Å². The lowest BCUT2D eigenvalue weighted by molar-refractivity contribution is 0.238. The highest BCUT2D eigenvalue weighted by Gasteiger charge is 2.06. The third-order valence-corrected chi connectivity index (χ3v) is 2.53. The molecule has 0 fully saturated rings. The summed E-state index contributed by atoms with van der Waals surface area (Å²) >= 11 is 6.12. The topological polar surface area (TPSA) is 50.4 Å². The van der Waals surface area contributed by atoms with Gasteiger partial charge >= 0.3 is 6.03 Å². The summed E-state index contributed by atoms with van der Waals surface area (Å²) in [6.45, 7) is 8.15. The molecule has 0 radical (unpaired) electrons. The van der Waals surface area contributed by atoms with E-state index < -0.39 is 0 Å². The fourth-order valence-electron chi connectivity index (χ4n) is 1.50. The molecule has 0 bridgehead atoms. The van der Waals surface area contributed by atoms with E-state index in [-0.39, 0.29) is 18.2 Å². The molecule has 1 aromatic carbocycles. The Kier molecular flexibility index (Phi) is 5.96. The second kappa shape index (κ2) is 7.24. The van der Waals surface area contributed by atoms with Gasteiger partial charge in [-0.3, -0.25) is 0 Å². The van der Waals surface area contributed by atoms with Crippen molar-refractivity contribution in [2.24, 2.45) is 0 Å². The normalized spacial score (nSPS) is 10.7. The summed E-state index contributed by atoms with van der Waals surface area (Å²) in [6, 6.07) is 5.44. The Bertz CT molecular complexity index is 433. The average molecular weight is 285 g/mol. The molecule has 0 aliphatic rings. The highest BCUT2D eigenvalue weighted by molar-refractivity contribution is 6.32. The van der Waals surface area contributed by atoms with Crippen LogP contribution in [0.4, 0.5) is 4.79 Å². The quantitative estimate of drug-likeness (QED) is 0.871. The monoisotopic (exact) mass is 284 g/mol. The maximum atomic E-state index is 11.4. The second-order valence-corrected chi connectivity index (χ2v) is 5.32. The molecule has 0 saturated heterocycles. The highest BCUT2D eigenvalue weighted by atomic mass is 35.5. The first-order valence-electron chi connectivity index (χ1n) is 6.38. The van der Waals surface area contributed by atoms with Crippen molar-refractivity contribution in [2.75, 3.05) is 0 Å². The molecule has 4 nitrogen and oxygen atoms in total. The van der Waals surface area contributed by atoms with Crippen molar-refractivity contribution in [3.05, 3.63) is 28.8 Å². The Balaban J connectivity index is 2.56. The number of rotatable bonds is 5. The number of hydrogen-bond donors (Lipinski definition) is 2. The van der Waals surface area contributed by atoms with E-state index in [1.165, 1.54) is 0 Å². The van der Waals surface area contributed by atoms with Crippen molar-refractivity contribution in [1.29, 1.82) is 0 Å². The molecule has 5 heteroatoms. The van der Waals surface area contributed by atoms with Crippen LogP contribution in [-0.4, -0.2) is 18.2 Å². The minimum absolute atomic E-state index is 0.0818. The molecule has 0 aliphatic carbocycles. The van der Waals surface area contributed by atoms with Crippen LogP contribution >= 0.6 is 11.6 Å². The molecule has 0 aliphatic heterocycles. The number of halogens is 1. The van der Waals surface area contributed by atoms with E-state index >= 15 is 0 Å². The van der Waals surface area contributed by atoms with Gasteiger partial charge in [-0.05, 0) is 45.4 Å². The summed E-state index contributed by atoms with van der Waals surface area (Å²) in [5.41, 5.74) is 0.931. The van der Waals surface area contributed by atoms with Crippen LogP contribution in [0.25, 0.3) is 0 Å². The van der Waals surface area contributed by atoms with E-state index in [9.17, 15) is 4.79 Å². The Hall–Kier alpha value is -1.42. The summed E-state index contributed by atoms with van der Waals surface area (Å²) in [6.07, 6.45) is 0.0818. The predicted octanol–water partition coefficient (Wildman–Crippen LogP) is 3.33. The van der Waals surface area contributed by atoms with Crippen molar-refractivity contribution in [1.82, 2.24) is 10.6 Å². The molecule has 106 valence electrons. The number of carbonyl (C=O) groups is 1. The average Bonchev–Trinajstić information content (AvgIpc) is 2.28. The molecule has 1 rings (SSSR count). The number of urea groups is 1. The van der Waals surface area contributed by atoms with E-state index in [0.29, 0.717) is 17.3 Å². The van der Waals surface area contributed by atoms with Gasteiger partial charge in [-0.15, -0.1) is 0 Å². The summed E-state index contributed by atoms with van der Waals surface area (Å²) in [5, 5.41) is 6.08. The fraction of sp³-hybridized carbons (Fsp3) is 0.500. The molecular formula is C14H21ClN2O2. The first-order valence-corrected chi connectivity index (χ1v) is 6.75. The Morgan fingerprint density at radius 3 is 2.53 bits per heavy atom. The maximum Gasteiger partial charge on any atom is 0.315 e. The number of benzene rings is 1. The van der Waals surface area contributed by atoms with Crippen molar-refractivity contribution in [3.63, 3.8) is 0 Å². The zero-order chi connectivity index (χ0) is 14.4. The zero-order valence-electron chi connectivity index (χ0n) is 11.8. The third-order valence-electron chi connectivity index (χ3n) is 2.23. The van der Waals surface area contributed by atoms with E-state index in [2.05, 4.69) is 10.6 Å². The van der Waals surface area contributed by atoms with E-state index in [4.69, 9.17) is 16.3 Å². The third kappa shape index (κ3) is 5.83. The molecular weight excluding hydrogens is 264 g/mol. The van der Waals surface area contributed by atoms with Gasteiger partial charge in [0.25, 0.3) is 0 Å². The summed E-state index contributed by atoms with van der Waals surface area (Å²) < 4.78 is 5.55. The molecule has 0 atom stereocenters. The molecule has 2 amide bonds. The van der Waals surface area contributed by atoms with Gasteiger partial charge < -0.3 is 15.4 Å². The highest BCUT2D eigenvalue weighted by Crippen LogP contribution is 2.26.